The van der Waals surface area contributed by atoms with Crippen LogP contribution in [-0.4, -0.2) is 21.3 Å². The highest BCUT2D eigenvalue weighted by Crippen LogP contribution is 2.16. The van der Waals surface area contributed by atoms with E-state index in [4.69, 9.17) is 11.5 Å². The smallest absolute Gasteiger partial charge is 0.368 e. The van der Waals surface area contributed by atoms with Crippen LogP contribution in [-0.2, 0) is 0 Å². The van der Waals surface area contributed by atoms with Gasteiger partial charge in [0.2, 0.25) is 17.8 Å². The molecule has 1 aromatic heterocycles. The molecular weight excluding hydrogens is 189 g/mol. The van der Waals surface area contributed by atoms with E-state index in [-0.39, 0.29) is 11.9 Å². The fourth-order valence-corrected chi connectivity index (χ4v) is 0.592. The van der Waals surface area contributed by atoms with E-state index in [2.05, 4.69) is 15.0 Å². The van der Waals surface area contributed by atoms with Crippen LogP contribution in [0.15, 0.2) is 0 Å². The van der Waals surface area contributed by atoms with Crippen molar-refractivity contribution in [3.05, 3.63) is 0 Å². The Labute approximate surface area is 70.2 Å². The lowest BCUT2D eigenvalue weighted by molar-refractivity contribution is -0.101. The number of hydrogen-bond acceptors (Lipinski definition) is 6. The number of alkyl halides is 3. The number of halogens is 3. The summed E-state index contributed by atoms with van der Waals surface area (Å²) < 4.78 is 35.1. The summed E-state index contributed by atoms with van der Waals surface area (Å²) in [4.78, 5) is 9.62. The molecule has 0 fully saturated rings. The maximum Gasteiger partial charge on any atom is 0.484 e. The van der Waals surface area contributed by atoms with Crippen molar-refractivity contribution in [1.29, 1.82) is 0 Å². The molecule has 0 aromatic carbocycles. The van der Waals surface area contributed by atoms with Gasteiger partial charge in [-0.05, 0) is 0 Å². The Kier molecular flexibility index (Phi) is 2.09. The van der Waals surface area contributed by atoms with Crippen LogP contribution >= 0.6 is 0 Å². The van der Waals surface area contributed by atoms with Gasteiger partial charge in [-0.25, -0.2) is 0 Å². The quantitative estimate of drug-likeness (QED) is 0.542. The Balaban J connectivity index is 2.90. The monoisotopic (exact) mass is 194 g/mol. The third kappa shape index (κ3) is 2.97. The van der Waals surface area contributed by atoms with Crippen molar-refractivity contribution in [2.45, 2.75) is 6.30 Å². The lowest BCUT2D eigenvalue weighted by Crippen LogP contribution is -2.23. The lowest BCUT2D eigenvalue weighted by Gasteiger charge is -2.07. The van der Waals surface area contributed by atoms with Gasteiger partial charge < -0.3 is 11.5 Å². The Hall–Kier alpha value is -1.80. The van der Waals surface area contributed by atoms with E-state index in [1.807, 2.05) is 0 Å². The van der Waals surface area contributed by atoms with Gasteiger partial charge in [-0.2, -0.15) is 28.1 Å². The van der Waals surface area contributed by atoms with E-state index in [0.29, 0.717) is 0 Å². The molecule has 0 amide bonds. The second-order valence-corrected chi connectivity index (χ2v) is 2.00. The van der Waals surface area contributed by atoms with E-state index in [0.717, 1.165) is 5.32 Å². The van der Waals surface area contributed by atoms with Crippen LogP contribution in [0, 0.1) is 0 Å². The maximum atomic E-state index is 11.7. The summed E-state index contributed by atoms with van der Waals surface area (Å²) in [7, 11) is 0. The van der Waals surface area contributed by atoms with E-state index in [1.54, 1.807) is 0 Å². The highest BCUT2D eigenvalue weighted by atomic mass is 19.4. The lowest BCUT2D eigenvalue weighted by atomic mass is 10.8. The van der Waals surface area contributed by atoms with Crippen molar-refractivity contribution in [2.24, 2.45) is 0 Å². The summed E-state index contributed by atoms with van der Waals surface area (Å²) in [5, 5.41) is 1.04. The van der Waals surface area contributed by atoms with Gasteiger partial charge in [0.1, 0.15) is 0 Å². The first-order chi connectivity index (χ1) is 5.87. The van der Waals surface area contributed by atoms with Gasteiger partial charge in [0.15, 0.2) is 0 Å². The summed E-state index contributed by atoms with van der Waals surface area (Å²) in [6, 6.07) is 0. The second-order valence-electron chi connectivity index (χ2n) is 2.00. The number of nitrogens with zero attached hydrogens (tertiary/aromatic N) is 3. The third-order valence-corrected chi connectivity index (χ3v) is 0.924. The molecule has 0 unspecified atom stereocenters. The average molecular weight is 194 g/mol. The molecule has 0 saturated carbocycles. The predicted octanol–water partition coefficient (Wildman–Crippen LogP) is -0.0323. The highest BCUT2D eigenvalue weighted by molar-refractivity contribution is 5.37. The van der Waals surface area contributed by atoms with E-state index in [9.17, 15) is 13.2 Å². The first kappa shape index (κ1) is 9.29. The Bertz CT molecular complexity index is 289. The molecule has 0 radical (unpaired) electrons. The first-order valence-corrected chi connectivity index (χ1v) is 2.99. The molecule has 0 aliphatic carbocycles. The number of nitrogen functional groups attached to an aromatic ring is 2. The SMILES string of the molecule is Nc1nc(N)nc(NC(F)(F)F)n1. The van der Waals surface area contributed by atoms with Crippen LogP contribution in [0.4, 0.5) is 31.0 Å². The normalized spacial score (nSPS) is 11.3. The molecule has 0 spiro atoms. The van der Waals surface area contributed by atoms with Gasteiger partial charge in [-0.1, -0.05) is 0 Å². The predicted molar refractivity (Wildman–Crippen MR) is 38.3 cm³/mol. The zero-order chi connectivity index (χ0) is 10.1. The average Bonchev–Trinajstić information content (AvgIpc) is 1.78. The van der Waals surface area contributed by atoms with Crippen LogP contribution in [0.25, 0.3) is 0 Å². The molecule has 1 rings (SSSR count). The number of nitrogens with two attached hydrogens (primary N) is 2. The van der Waals surface area contributed by atoms with Gasteiger partial charge >= 0.3 is 6.30 Å². The molecule has 0 aliphatic heterocycles. The molecule has 0 bridgehead atoms. The Morgan fingerprint density at radius 1 is 1.00 bits per heavy atom. The summed E-state index contributed by atoms with van der Waals surface area (Å²) in [6.07, 6.45) is -4.62. The molecule has 13 heavy (non-hydrogen) atoms. The summed E-state index contributed by atoms with van der Waals surface area (Å²) in [5.74, 6) is -1.48. The van der Waals surface area contributed by atoms with Crippen LogP contribution < -0.4 is 16.8 Å². The minimum atomic E-state index is -4.62. The molecule has 5 N–H and O–H groups in total. The zero-order valence-electron chi connectivity index (χ0n) is 6.13. The van der Waals surface area contributed by atoms with E-state index in [1.165, 1.54) is 0 Å². The summed E-state index contributed by atoms with van der Waals surface area (Å²) in [6.45, 7) is 0. The highest BCUT2D eigenvalue weighted by Gasteiger charge is 2.28. The van der Waals surface area contributed by atoms with Crippen molar-refractivity contribution in [3.63, 3.8) is 0 Å². The molecule has 72 valence electrons. The molecule has 0 atom stereocenters. The Morgan fingerprint density at radius 3 is 1.85 bits per heavy atom. The van der Waals surface area contributed by atoms with Crippen molar-refractivity contribution in [2.75, 3.05) is 16.8 Å². The van der Waals surface area contributed by atoms with Crippen molar-refractivity contribution < 1.29 is 13.2 Å². The molecule has 1 heterocycles. The largest absolute Gasteiger partial charge is 0.484 e. The second kappa shape index (κ2) is 2.92. The fraction of sp³-hybridized carbons (Fsp3) is 0.250. The minimum Gasteiger partial charge on any atom is -0.368 e. The van der Waals surface area contributed by atoms with Gasteiger partial charge in [0.05, 0.1) is 0 Å². The van der Waals surface area contributed by atoms with Crippen molar-refractivity contribution in [1.82, 2.24) is 15.0 Å². The summed E-state index contributed by atoms with van der Waals surface area (Å²) in [5.41, 5.74) is 10.1. The van der Waals surface area contributed by atoms with Crippen LogP contribution in [0.1, 0.15) is 0 Å². The summed E-state index contributed by atoms with van der Waals surface area (Å²) >= 11 is 0. The molecular formula is C4H5F3N6. The molecule has 6 nitrogen and oxygen atoms in total. The minimum absolute atomic E-state index is 0.376. The van der Waals surface area contributed by atoms with E-state index >= 15 is 0 Å². The van der Waals surface area contributed by atoms with Crippen molar-refractivity contribution >= 4 is 17.8 Å². The maximum absolute atomic E-state index is 11.7. The molecule has 1 aromatic rings. The topological polar surface area (TPSA) is 103 Å². The standard InChI is InChI=1S/C4H5F3N6/c5-4(6,7)13-3-11-1(8)10-2(9)12-3/h(H5,8,9,10,11,12,13). The number of nitrogens with one attached hydrogen (secondary N) is 1. The molecule has 9 heteroatoms. The van der Waals surface area contributed by atoms with E-state index < -0.39 is 12.2 Å². The Morgan fingerprint density at radius 2 is 1.46 bits per heavy atom. The number of rotatable bonds is 1. The van der Waals surface area contributed by atoms with Gasteiger partial charge in [0.25, 0.3) is 0 Å². The number of anilines is 3. The van der Waals surface area contributed by atoms with Gasteiger partial charge in [-0.3, -0.25) is 5.32 Å². The van der Waals surface area contributed by atoms with Gasteiger partial charge in [-0.15, -0.1) is 0 Å². The number of aromatic nitrogens is 3. The molecule has 0 saturated heterocycles. The number of hydrogen-bond donors (Lipinski definition) is 3. The van der Waals surface area contributed by atoms with Crippen LogP contribution in [0.5, 0.6) is 0 Å². The zero-order valence-corrected chi connectivity index (χ0v) is 6.13. The van der Waals surface area contributed by atoms with Crippen LogP contribution in [0.3, 0.4) is 0 Å². The van der Waals surface area contributed by atoms with Gasteiger partial charge in [0, 0.05) is 0 Å². The molecule has 0 aliphatic rings. The fourth-order valence-electron chi connectivity index (χ4n) is 0.592. The first-order valence-electron chi connectivity index (χ1n) is 2.99. The third-order valence-electron chi connectivity index (χ3n) is 0.924. The van der Waals surface area contributed by atoms with Crippen LogP contribution in [0.2, 0.25) is 0 Å². The van der Waals surface area contributed by atoms with Crippen molar-refractivity contribution in [3.8, 4) is 0 Å².